The lowest BCUT2D eigenvalue weighted by Gasteiger charge is -2.06. The van der Waals surface area contributed by atoms with Gasteiger partial charge in [0.25, 0.3) is 0 Å². The van der Waals surface area contributed by atoms with E-state index in [4.69, 9.17) is 14.8 Å². The van der Waals surface area contributed by atoms with E-state index in [-0.39, 0.29) is 0 Å². The molecule has 0 radical (unpaired) electrons. The number of aromatic nitrogens is 3. The molecule has 25 heavy (non-hydrogen) atoms. The average molecular weight is 347 g/mol. The SMILES string of the molecule is COc1ccc(-c2cc3cc(-c4ccccc4)nn3c(SC)n2)cc1. The van der Waals surface area contributed by atoms with Crippen molar-refractivity contribution in [3.63, 3.8) is 0 Å². The van der Waals surface area contributed by atoms with Crippen LogP contribution in [0.3, 0.4) is 0 Å². The van der Waals surface area contributed by atoms with E-state index in [2.05, 4.69) is 24.3 Å². The third-order valence-electron chi connectivity index (χ3n) is 4.06. The van der Waals surface area contributed by atoms with E-state index in [1.807, 2.05) is 53.2 Å². The fourth-order valence-corrected chi connectivity index (χ4v) is 3.27. The number of rotatable bonds is 4. The maximum atomic E-state index is 5.23. The fourth-order valence-electron chi connectivity index (χ4n) is 2.77. The predicted molar refractivity (Wildman–Crippen MR) is 102 cm³/mol. The first-order valence-electron chi connectivity index (χ1n) is 7.93. The average Bonchev–Trinajstić information content (AvgIpc) is 3.12. The lowest BCUT2D eigenvalue weighted by molar-refractivity contribution is 0.415. The van der Waals surface area contributed by atoms with E-state index >= 15 is 0 Å². The fraction of sp³-hybridized carbons (Fsp3) is 0.100. The Morgan fingerprint density at radius 1 is 0.880 bits per heavy atom. The molecule has 0 saturated heterocycles. The second-order valence-corrected chi connectivity index (χ2v) is 6.36. The number of nitrogens with zero attached hydrogens (tertiary/aromatic N) is 3. The molecule has 0 bridgehead atoms. The molecule has 0 amide bonds. The summed E-state index contributed by atoms with van der Waals surface area (Å²) in [5.41, 5.74) is 5.07. The summed E-state index contributed by atoms with van der Waals surface area (Å²) in [6.07, 6.45) is 2.02. The molecule has 0 spiro atoms. The zero-order valence-corrected chi connectivity index (χ0v) is 14.8. The molecule has 5 heteroatoms. The summed E-state index contributed by atoms with van der Waals surface area (Å²) >= 11 is 1.59. The van der Waals surface area contributed by atoms with Gasteiger partial charge in [-0.1, -0.05) is 42.1 Å². The van der Waals surface area contributed by atoms with Crippen LogP contribution in [0.1, 0.15) is 0 Å². The van der Waals surface area contributed by atoms with E-state index in [1.165, 1.54) is 0 Å². The third-order valence-corrected chi connectivity index (χ3v) is 4.69. The molecule has 0 N–H and O–H groups in total. The maximum Gasteiger partial charge on any atom is 0.189 e. The summed E-state index contributed by atoms with van der Waals surface area (Å²) in [6.45, 7) is 0. The first kappa shape index (κ1) is 15.7. The molecule has 124 valence electrons. The molecular formula is C20H17N3OS. The molecule has 4 rings (SSSR count). The molecule has 4 aromatic rings. The van der Waals surface area contributed by atoms with Gasteiger partial charge in [0.1, 0.15) is 5.75 Å². The number of hydrogen-bond acceptors (Lipinski definition) is 4. The number of hydrogen-bond donors (Lipinski definition) is 0. The van der Waals surface area contributed by atoms with Crippen molar-refractivity contribution in [2.24, 2.45) is 0 Å². The van der Waals surface area contributed by atoms with Gasteiger partial charge >= 0.3 is 0 Å². The zero-order valence-electron chi connectivity index (χ0n) is 14.0. The van der Waals surface area contributed by atoms with Gasteiger partial charge in [-0.05, 0) is 42.7 Å². The summed E-state index contributed by atoms with van der Waals surface area (Å²) in [4.78, 5) is 4.77. The number of thioether (sulfide) groups is 1. The summed E-state index contributed by atoms with van der Waals surface area (Å²) in [7, 11) is 1.67. The predicted octanol–water partition coefficient (Wildman–Crippen LogP) is 4.79. The minimum Gasteiger partial charge on any atom is -0.497 e. The quantitative estimate of drug-likeness (QED) is 0.393. The highest BCUT2D eigenvalue weighted by Gasteiger charge is 2.11. The van der Waals surface area contributed by atoms with Gasteiger partial charge in [-0.2, -0.15) is 5.10 Å². The molecular weight excluding hydrogens is 330 g/mol. The monoisotopic (exact) mass is 347 g/mol. The summed E-state index contributed by atoms with van der Waals surface area (Å²) in [5.74, 6) is 0.839. The molecule has 2 heterocycles. The van der Waals surface area contributed by atoms with Gasteiger partial charge in [0.05, 0.1) is 24.0 Å². The Labute approximate surface area is 150 Å². The highest BCUT2D eigenvalue weighted by Crippen LogP contribution is 2.27. The molecule has 4 nitrogen and oxygen atoms in total. The topological polar surface area (TPSA) is 39.4 Å². The number of fused-ring (bicyclic) bond motifs is 1. The van der Waals surface area contributed by atoms with Crippen molar-refractivity contribution >= 4 is 17.3 Å². The van der Waals surface area contributed by atoms with Crippen molar-refractivity contribution in [3.8, 4) is 28.3 Å². The molecule has 0 aliphatic carbocycles. The van der Waals surface area contributed by atoms with Gasteiger partial charge < -0.3 is 4.74 Å². The molecule has 0 unspecified atom stereocenters. The van der Waals surface area contributed by atoms with Gasteiger partial charge in [-0.3, -0.25) is 0 Å². The molecule has 2 aromatic carbocycles. The smallest absolute Gasteiger partial charge is 0.189 e. The van der Waals surface area contributed by atoms with Crippen molar-refractivity contribution in [1.29, 1.82) is 0 Å². The molecule has 0 aliphatic rings. The van der Waals surface area contributed by atoms with E-state index in [0.717, 1.165) is 38.9 Å². The Kier molecular flexibility index (Phi) is 4.15. The van der Waals surface area contributed by atoms with Crippen LogP contribution in [0.15, 0.2) is 71.9 Å². The molecule has 0 atom stereocenters. The lowest BCUT2D eigenvalue weighted by atomic mass is 10.1. The van der Waals surface area contributed by atoms with Gasteiger partial charge in [0, 0.05) is 11.1 Å². The second kappa shape index (κ2) is 6.61. The normalized spacial score (nSPS) is 11.0. The van der Waals surface area contributed by atoms with Crippen LogP contribution in [0.2, 0.25) is 0 Å². The van der Waals surface area contributed by atoms with Crippen LogP contribution in [0.5, 0.6) is 5.75 Å². The Morgan fingerprint density at radius 2 is 1.56 bits per heavy atom. The lowest BCUT2D eigenvalue weighted by Crippen LogP contribution is -1.98. The van der Waals surface area contributed by atoms with Gasteiger partial charge in [0.2, 0.25) is 0 Å². The van der Waals surface area contributed by atoms with Crippen LogP contribution in [0.25, 0.3) is 28.0 Å². The highest BCUT2D eigenvalue weighted by atomic mass is 32.2. The minimum atomic E-state index is 0.839. The van der Waals surface area contributed by atoms with Crippen LogP contribution in [-0.2, 0) is 0 Å². The van der Waals surface area contributed by atoms with Gasteiger partial charge in [-0.15, -0.1) is 0 Å². The van der Waals surface area contributed by atoms with Crippen molar-refractivity contribution < 1.29 is 4.74 Å². The number of benzene rings is 2. The van der Waals surface area contributed by atoms with Crippen molar-refractivity contribution in [2.45, 2.75) is 5.16 Å². The summed E-state index contributed by atoms with van der Waals surface area (Å²) in [6, 6.07) is 22.3. The molecule has 0 fully saturated rings. The summed E-state index contributed by atoms with van der Waals surface area (Å²) in [5, 5.41) is 5.60. The Balaban J connectivity index is 1.84. The molecule has 0 saturated carbocycles. The largest absolute Gasteiger partial charge is 0.497 e. The first-order chi connectivity index (χ1) is 12.3. The van der Waals surface area contributed by atoms with E-state index < -0.39 is 0 Å². The van der Waals surface area contributed by atoms with Crippen LogP contribution < -0.4 is 4.74 Å². The highest BCUT2D eigenvalue weighted by molar-refractivity contribution is 7.98. The maximum absolute atomic E-state index is 5.23. The van der Waals surface area contributed by atoms with Gasteiger partial charge in [0.15, 0.2) is 5.16 Å². The van der Waals surface area contributed by atoms with Crippen molar-refractivity contribution in [3.05, 3.63) is 66.7 Å². The van der Waals surface area contributed by atoms with Crippen molar-refractivity contribution in [2.75, 3.05) is 13.4 Å². The van der Waals surface area contributed by atoms with Crippen LogP contribution in [0.4, 0.5) is 0 Å². The minimum absolute atomic E-state index is 0.839. The Hall–Kier alpha value is -2.79. The van der Waals surface area contributed by atoms with E-state index in [9.17, 15) is 0 Å². The van der Waals surface area contributed by atoms with Crippen LogP contribution >= 0.6 is 11.8 Å². The van der Waals surface area contributed by atoms with Crippen LogP contribution in [0, 0.1) is 0 Å². The standard InChI is InChI=1S/C20H17N3OS/c1-24-17-10-8-15(9-11-17)18-12-16-13-19(14-6-4-3-5-7-14)22-23(16)20(21-18)25-2/h3-13H,1-2H3. The molecule has 0 aliphatic heterocycles. The van der Waals surface area contributed by atoms with E-state index in [0.29, 0.717) is 0 Å². The third kappa shape index (κ3) is 2.98. The first-order valence-corrected chi connectivity index (χ1v) is 9.15. The van der Waals surface area contributed by atoms with E-state index in [1.54, 1.807) is 18.9 Å². The second-order valence-electron chi connectivity index (χ2n) is 5.59. The van der Waals surface area contributed by atoms with Crippen molar-refractivity contribution in [1.82, 2.24) is 14.6 Å². The Bertz CT molecular complexity index is 1010. The zero-order chi connectivity index (χ0) is 17.2. The summed E-state index contributed by atoms with van der Waals surface area (Å²) < 4.78 is 7.14. The number of methoxy groups -OCH3 is 1. The number of ether oxygens (including phenoxy) is 1. The van der Waals surface area contributed by atoms with Crippen LogP contribution in [-0.4, -0.2) is 28.0 Å². The molecule has 2 aromatic heterocycles. The van der Waals surface area contributed by atoms with Gasteiger partial charge in [-0.25, -0.2) is 9.50 Å². The Morgan fingerprint density at radius 3 is 2.24 bits per heavy atom.